The molecule has 2 fully saturated rings. The third-order valence-corrected chi connectivity index (χ3v) is 4.57. The second-order valence-electron chi connectivity index (χ2n) is 6.01. The Morgan fingerprint density at radius 3 is 2.71 bits per heavy atom. The zero-order valence-corrected chi connectivity index (χ0v) is 12.0. The summed E-state index contributed by atoms with van der Waals surface area (Å²) in [7, 11) is 0. The molecule has 1 aromatic heterocycles. The molecule has 1 aromatic rings. The van der Waals surface area contributed by atoms with Crippen LogP contribution in [0.25, 0.3) is 0 Å². The van der Waals surface area contributed by atoms with Gasteiger partial charge in [-0.15, -0.1) is 0 Å². The van der Waals surface area contributed by atoms with Crippen LogP contribution in [0.15, 0.2) is 16.9 Å². The number of carbonyl (C=O) groups excluding carboxylic acids is 2. The van der Waals surface area contributed by atoms with Crippen molar-refractivity contribution in [3.05, 3.63) is 33.7 Å². The van der Waals surface area contributed by atoms with Gasteiger partial charge in [-0.2, -0.15) is 0 Å². The second kappa shape index (κ2) is 5.02. The minimum atomic E-state index is -0.380. The fraction of sp³-hybridized carbons (Fsp3) is 0.533. The lowest BCUT2D eigenvalue weighted by Gasteiger charge is -2.50. The molecular weight excluding hydrogens is 270 g/mol. The molecule has 21 heavy (non-hydrogen) atoms. The van der Waals surface area contributed by atoms with Crippen LogP contribution in [-0.2, 0) is 4.79 Å². The van der Waals surface area contributed by atoms with Crippen molar-refractivity contribution in [3.63, 3.8) is 0 Å². The number of nitrogens with one attached hydrogen (secondary N) is 3. The van der Waals surface area contributed by atoms with Crippen LogP contribution in [0.5, 0.6) is 0 Å². The highest BCUT2D eigenvalue weighted by Crippen LogP contribution is 2.38. The number of hydrogen-bond acceptors (Lipinski definition) is 3. The van der Waals surface area contributed by atoms with Crippen LogP contribution < -0.4 is 16.2 Å². The maximum atomic E-state index is 12.3. The molecule has 1 saturated carbocycles. The summed E-state index contributed by atoms with van der Waals surface area (Å²) in [5, 5.41) is 5.96. The molecule has 6 heteroatoms. The Balaban J connectivity index is 1.77. The number of carbonyl (C=O) groups is 2. The normalized spacial score (nSPS) is 23.3. The number of H-pyrrole nitrogens is 1. The lowest BCUT2D eigenvalue weighted by Crippen LogP contribution is -2.68. The van der Waals surface area contributed by atoms with Crippen molar-refractivity contribution < 1.29 is 9.59 Å². The van der Waals surface area contributed by atoms with Gasteiger partial charge in [-0.3, -0.25) is 14.4 Å². The summed E-state index contributed by atoms with van der Waals surface area (Å²) in [4.78, 5) is 38.4. The fourth-order valence-electron chi connectivity index (χ4n) is 3.21. The van der Waals surface area contributed by atoms with Crippen molar-refractivity contribution in [1.82, 2.24) is 15.6 Å². The average molecular weight is 289 g/mol. The van der Waals surface area contributed by atoms with Crippen molar-refractivity contribution in [2.24, 2.45) is 0 Å². The third-order valence-electron chi connectivity index (χ3n) is 4.57. The first-order chi connectivity index (χ1) is 10.00. The highest BCUT2D eigenvalue weighted by atomic mass is 16.2. The molecule has 1 unspecified atom stereocenters. The van der Waals surface area contributed by atoms with Gasteiger partial charge in [0, 0.05) is 12.1 Å². The molecule has 1 spiro atoms. The van der Waals surface area contributed by atoms with Gasteiger partial charge in [-0.25, -0.2) is 0 Å². The van der Waals surface area contributed by atoms with Crippen LogP contribution in [0.3, 0.4) is 0 Å². The van der Waals surface area contributed by atoms with Gasteiger partial charge in [-0.05, 0) is 44.7 Å². The van der Waals surface area contributed by atoms with E-state index in [2.05, 4.69) is 15.6 Å². The van der Waals surface area contributed by atoms with Gasteiger partial charge < -0.3 is 15.6 Å². The summed E-state index contributed by atoms with van der Waals surface area (Å²) in [6, 6.07) is 3.15. The standard InChI is InChI=1S/C15H19N3O3/c1-9-3-4-10(13(20)16-9)14(21)17-11-5-6-12(19)18-15(11)7-2-8-15/h3-4,11H,2,5-8H2,1H3,(H,16,20)(H,17,21)(H,18,19). The Morgan fingerprint density at radius 1 is 1.33 bits per heavy atom. The fourth-order valence-corrected chi connectivity index (χ4v) is 3.21. The summed E-state index contributed by atoms with van der Waals surface area (Å²) in [6.07, 6.45) is 3.86. The molecule has 6 nitrogen and oxygen atoms in total. The molecular formula is C15H19N3O3. The van der Waals surface area contributed by atoms with Crippen molar-refractivity contribution >= 4 is 11.8 Å². The number of rotatable bonds is 2. The van der Waals surface area contributed by atoms with Gasteiger partial charge in [0.25, 0.3) is 11.5 Å². The average Bonchev–Trinajstić information content (AvgIpc) is 2.38. The summed E-state index contributed by atoms with van der Waals surface area (Å²) >= 11 is 0. The quantitative estimate of drug-likeness (QED) is 0.745. The highest BCUT2D eigenvalue weighted by Gasteiger charge is 2.48. The number of aromatic amines is 1. The van der Waals surface area contributed by atoms with Crippen LogP contribution >= 0.6 is 0 Å². The van der Waals surface area contributed by atoms with E-state index in [4.69, 9.17) is 0 Å². The summed E-state index contributed by atoms with van der Waals surface area (Å²) in [5.41, 5.74) is 0.154. The minimum Gasteiger partial charge on any atom is -0.349 e. The number of pyridine rings is 1. The molecule has 2 amide bonds. The van der Waals surface area contributed by atoms with Crippen molar-refractivity contribution in [3.8, 4) is 0 Å². The maximum absolute atomic E-state index is 12.3. The Morgan fingerprint density at radius 2 is 2.10 bits per heavy atom. The number of aromatic nitrogens is 1. The van der Waals surface area contributed by atoms with E-state index in [1.165, 1.54) is 0 Å². The number of amides is 2. The zero-order valence-electron chi connectivity index (χ0n) is 12.0. The van der Waals surface area contributed by atoms with E-state index in [0.717, 1.165) is 25.0 Å². The predicted octanol–water partition coefficient (Wildman–Crippen LogP) is 0.614. The molecule has 112 valence electrons. The van der Waals surface area contributed by atoms with Gasteiger partial charge in [0.2, 0.25) is 5.91 Å². The molecule has 1 aliphatic carbocycles. The van der Waals surface area contributed by atoms with E-state index < -0.39 is 0 Å². The number of aryl methyl sites for hydroxylation is 1. The highest BCUT2D eigenvalue weighted by molar-refractivity contribution is 5.94. The topological polar surface area (TPSA) is 91.1 Å². The lowest BCUT2D eigenvalue weighted by molar-refractivity contribution is -0.127. The van der Waals surface area contributed by atoms with Crippen LogP contribution in [-0.4, -0.2) is 28.4 Å². The van der Waals surface area contributed by atoms with Crippen molar-refractivity contribution in [1.29, 1.82) is 0 Å². The van der Waals surface area contributed by atoms with Gasteiger partial charge in [0.05, 0.1) is 11.6 Å². The monoisotopic (exact) mass is 289 g/mol. The van der Waals surface area contributed by atoms with Crippen LogP contribution in [0.1, 0.15) is 48.2 Å². The third kappa shape index (κ3) is 2.46. The summed E-state index contributed by atoms with van der Waals surface area (Å²) in [5.74, 6) is -0.322. The smallest absolute Gasteiger partial charge is 0.260 e. The van der Waals surface area contributed by atoms with Crippen molar-refractivity contribution in [2.45, 2.75) is 50.6 Å². The Kier molecular flexibility index (Phi) is 3.31. The summed E-state index contributed by atoms with van der Waals surface area (Å²) in [6.45, 7) is 1.77. The first kappa shape index (κ1) is 13.9. The molecule has 2 heterocycles. The van der Waals surface area contributed by atoms with Crippen molar-refractivity contribution in [2.75, 3.05) is 0 Å². The second-order valence-corrected chi connectivity index (χ2v) is 6.01. The van der Waals surface area contributed by atoms with Gasteiger partial charge in [0.15, 0.2) is 0 Å². The number of hydrogen-bond donors (Lipinski definition) is 3. The van der Waals surface area contributed by atoms with E-state index in [1.807, 2.05) is 0 Å². The van der Waals surface area contributed by atoms with Gasteiger partial charge in [0.1, 0.15) is 5.56 Å². The summed E-state index contributed by atoms with van der Waals surface area (Å²) < 4.78 is 0. The Bertz CT molecular complexity index is 646. The first-order valence-electron chi connectivity index (χ1n) is 7.32. The molecule has 3 rings (SSSR count). The molecule has 3 N–H and O–H groups in total. The molecule has 2 aliphatic rings. The minimum absolute atomic E-state index is 0.0494. The zero-order chi connectivity index (χ0) is 15.0. The largest absolute Gasteiger partial charge is 0.349 e. The van der Waals surface area contributed by atoms with Gasteiger partial charge >= 0.3 is 0 Å². The van der Waals surface area contributed by atoms with Crippen LogP contribution in [0, 0.1) is 6.92 Å². The predicted molar refractivity (Wildman–Crippen MR) is 77.0 cm³/mol. The van der Waals surface area contributed by atoms with Gasteiger partial charge in [-0.1, -0.05) is 0 Å². The molecule has 1 atom stereocenters. The molecule has 0 aromatic carbocycles. The first-order valence-corrected chi connectivity index (χ1v) is 7.32. The van der Waals surface area contributed by atoms with E-state index in [0.29, 0.717) is 12.8 Å². The lowest BCUT2D eigenvalue weighted by atomic mass is 9.68. The van der Waals surface area contributed by atoms with E-state index in [-0.39, 0.29) is 34.5 Å². The maximum Gasteiger partial charge on any atom is 0.260 e. The molecule has 1 saturated heterocycles. The van der Waals surface area contributed by atoms with Crippen LogP contribution in [0.2, 0.25) is 0 Å². The van der Waals surface area contributed by atoms with Crippen LogP contribution in [0.4, 0.5) is 0 Å². The molecule has 0 bridgehead atoms. The Labute approximate surface area is 122 Å². The van der Waals surface area contributed by atoms with E-state index in [1.54, 1.807) is 19.1 Å². The van der Waals surface area contributed by atoms with E-state index >= 15 is 0 Å². The molecule has 1 aliphatic heterocycles. The Hall–Kier alpha value is -2.11. The van der Waals surface area contributed by atoms with E-state index in [9.17, 15) is 14.4 Å². The number of piperidine rings is 1. The molecule has 0 radical (unpaired) electrons. The SMILES string of the molecule is Cc1ccc(C(=O)NC2CCC(=O)NC23CCC3)c(=O)[nH]1.